The molecule has 2 aromatic heterocycles. The number of aryl methyl sites for hydroxylation is 1. The Bertz CT molecular complexity index is 524. The molecule has 3 rings (SSSR count). The zero-order chi connectivity index (χ0) is 12.4. The lowest BCUT2D eigenvalue weighted by Crippen LogP contribution is -2.24. The van der Waals surface area contributed by atoms with Crippen molar-refractivity contribution >= 4 is 0 Å². The predicted molar refractivity (Wildman–Crippen MR) is 71.1 cm³/mol. The average Bonchev–Trinajstić information content (AvgIpc) is 2.83. The van der Waals surface area contributed by atoms with Gasteiger partial charge >= 0.3 is 0 Å². The molecule has 2 atom stereocenters. The minimum Gasteiger partial charge on any atom is -0.300 e. The first-order valence-corrected chi connectivity index (χ1v) is 6.45. The molecule has 3 heteroatoms. The Morgan fingerprint density at radius 3 is 2.89 bits per heavy atom. The Morgan fingerprint density at radius 2 is 2.06 bits per heavy atom. The van der Waals surface area contributed by atoms with Crippen molar-refractivity contribution in [1.29, 1.82) is 0 Å². The zero-order valence-electron chi connectivity index (χ0n) is 10.5. The van der Waals surface area contributed by atoms with Gasteiger partial charge in [-0.05, 0) is 43.5 Å². The standard InChI is InChI=1S/C15H17N3/c1-11(13-6-2-3-9-16-13)18-14-8-7-12-5-4-10-17-15(12)14/h2-6,9-11,14,18H,7-8H2,1H3/t11-,14?/m0/s1. The summed E-state index contributed by atoms with van der Waals surface area (Å²) >= 11 is 0. The molecule has 0 bridgehead atoms. The van der Waals surface area contributed by atoms with E-state index in [0.717, 1.165) is 18.5 Å². The minimum atomic E-state index is 0.254. The van der Waals surface area contributed by atoms with Gasteiger partial charge in [-0.1, -0.05) is 12.1 Å². The van der Waals surface area contributed by atoms with Gasteiger partial charge in [-0.3, -0.25) is 9.97 Å². The Labute approximate surface area is 107 Å². The predicted octanol–water partition coefficient (Wildman–Crippen LogP) is 2.81. The Morgan fingerprint density at radius 1 is 1.17 bits per heavy atom. The van der Waals surface area contributed by atoms with Gasteiger partial charge in [-0.15, -0.1) is 0 Å². The van der Waals surface area contributed by atoms with Gasteiger partial charge in [0.25, 0.3) is 0 Å². The maximum Gasteiger partial charge on any atom is 0.0605 e. The second kappa shape index (κ2) is 4.86. The molecule has 0 aromatic carbocycles. The first-order valence-electron chi connectivity index (χ1n) is 6.45. The summed E-state index contributed by atoms with van der Waals surface area (Å²) in [6, 6.07) is 10.8. The fourth-order valence-electron chi connectivity index (χ4n) is 2.59. The summed E-state index contributed by atoms with van der Waals surface area (Å²) in [6.45, 7) is 2.16. The second-order valence-corrected chi connectivity index (χ2v) is 4.78. The quantitative estimate of drug-likeness (QED) is 0.895. The summed E-state index contributed by atoms with van der Waals surface area (Å²) in [4.78, 5) is 8.90. The molecule has 1 aliphatic rings. The van der Waals surface area contributed by atoms with Gasteiger partial charge in [0.05, 0.1) is 17.4 Å². The topological polar surface area (TPSA) is 37.8 Å². The van der Waals surface area contributed by atoms with Crippen LogP contribution in [0.15, 0.2) is 42.7 Å². The van der Waals surface area contributed by atoms with Crippen molar-refractivity contribution in [3.8, 4) is 0 Å². The molecule has 0 fully saturated rings. The highest BCUT2D eigenvalue weighted by molar-refractivity contribution is 5.28. The number of nitrogens with one attached hydrogen (secondary N) is 1. The van der Waals surface area contributed by atoms with E-state index in [2.05, 4.69) is 34.3 Å². The van der Waals surface area contributed by atoms with E-state index in [9.17, 15) is 0 Å². The third-order valence-electron chi connectivity index (χ3n) is 3.54. The molecule has 0 spiro atoms. The first kappa shape index (κ1) is 11.4. The molecule has 0 saturated heterocycles. The van der Waals surface area contributed by atoms with Crippen molar-refractivity contribution < 1.29 is 0 Å². The Balaban J connectivity index is 1.75. The van der Waals surface area contributed by atoms with E-state index in [4.69, 9.17) is 0 Å². The van der Waals surface area contributed by atoms with Crippen LogP contribution in [-0.2, 0) is 6.42 Å². The van der Waals surface area contributed by atoms with E-state index >= 15 is 0 Å². The van der Waals surface area contributed by atoms with Crippen LogP contribution in [0, 0.1) is 0 Å². The average molecular weight is 239 g/mol. The van der Waals surface area contributed by atoms with E-state index in [1.807, 2.05) is 30.6 Å². The minimum absolute atomic E-state index is 0.254. The van der Waals surface area contributed by atoms with E-state index in [1.165, 1.54) is 11.3 Å². The summed E-state index contributed by atoms with van der Waals surface area (Å²) in [5, 5.41) is 3.63. The van der Waals surface area contributed by atoms with Crippen LogP contribution < -0.4 is 5.32 Å². The maximum atomic E-state index is 4.50. The smallest absolute Gasteiger partial charge is 0.0605 e. The first-order chi connectivity index (χ1) is 8.84. The number of hydrogen-bond donors (Lipinski definition) is 1. The van der Waals surface area contributed by atoms with Gasteiger partial charge < -0.3 is 5.32 Å². The second-order valence-electron chi connectivity index (χ2n) is 4.78. The lowest BCUT2D eigenvalue weighted by atomic mass is 10.1. The maximum absolute atomic E-state index is 4.50. The van der Waals surface area contributed by atoms with Crippen LogP contribution >= 0.6 is 0 Å². The van der Waals surface area contributed by atoms with Crippen molar-refractivity contribution in [3.05, 3.63) is 59.7 Å². The number of fused-ring (bicyclic) bond motifs is 1. The number of hydrogen-bond acceptors (Lipinski definition) is 3. The van der Waals surface area contributed by atoms with Gasteiger partial charge in [-0.25, -0.2) is 0 Å². The third-order valence-corrected chi connectivity index (χ3v) is 3.54. The van der Waals surface area contributed by atoms with E-state index < -0.39 is 0 Å². The van der Waals surface area contributed by atoms with Gasteiger partial charge in [0.15, 0.2) is 0 Å². The lowest BCUT2D eigenvalue weighted by Gasteiger charge is -2.19. The van der Waals surface area contributed by atoms with Crippen LogP contribution in [0.4, 0.5) is 0 Å². The van der Waals surface area contributed by atoms with Crippen LogP contribution in [0.2, 0.25) is 0 Å². The fraction of sp³-hybridized carbons (Fsp3) is 0.333. The number of pyridine rings is 2. The molecule has 1 N–H and O–H groups in total. The number of nitrogens with zero attached hydrogens (tertiary/aromatic N) is 2. The van der Waals surface area contributed by atoms with Crippen molar-refractivity contribution in [2.75, 3.05) is 0 Å². The normalized spacial score (nSPS) is 19.5. The molecule has 1 aliphatic carbocycles. The largest absolute Gasteiger partial charge is 0.300 e. The molecule has 0 aliphatic heterocycles. The molecule has 0 amide bonds. The monoisotopic (exact) mass is 239 g/mol. The highest BCUT2D eigenvalue weighted by Crippen LogP contribution is 2.30. The molecular weight excluding hydrogens is 222 g/mol. The van der Waals surface area contributed by atoms with Crippen LogP contribution in [0.25, 0.3) is 0 Å². The summed E-state index contributed by atoms with van der Waals surface area (Å²) in [6.07, 6.45) is 5.97. The molecule has 2 aromatic rings. The van der Waals surface area contributed by atoms with Gasteiger partial charge in [0, 0.05) is 18.4 Å². The van der Waals surface area contributed by atoms with Crippen LogP contribution in [-0.4, -0.2) is 9.97 Å². The summed E-state index contributed by atoms with van der Waals surface area (Å²) in [7, 11) is 0. The zero-order valence-corrected chi connectivity index (χ0v) is 10.5. The van der Waals surface area contributed by atoms with Crippen LogP contribution in [0.1, 0.15) is 42.4 Å². The Kier molecular flexibility index (Phi) is 3.07. The molecule has 92 valence electrons. The lowest BCUT2D eigenvalue weighted by molar-refractivity contribution is 0.452. The third kappa shape index (κ3) is 2.14. The van der Waals surface area contributed by atoms with Crippen LogP contribution in [0.3, 0.4) is 0 Å². The summed E-state index contributed by atoms with van der Waals surface area (Å²) < 4.78 is 0. The summed E-state index contributed by atoms with van der Waals surface area (Å²) in [5.41, 5.74) is 3.67. The van der Waals surface area contributed by atoms with Gasteiger partial charge in [-0.2, -0.15) is 0 Å². The molecule has 18 heavy (non-hydrogen) atoms. The molecule has 0 saturated carbocycles. The number of aromatic nitrogens is 2. The van der Waals surface area contributed by atoms with Crippen LogP contribution in [0.5, 0.6) is 0 Å². The van der Waals surface area contributed by atoms with E-state index in [1.54, 1.807) is 0 Å². The van der Waals surface area contributed by atoms with Crippen molar-refractivity contribution in [2.45, 2.75) is 31.8 Å². The molecule has 0 radical (unpaired) electrons. The number of rotatable bonds is 3. The van der Waals surface area contributed by atoms with Crippen molar-refractivity contribution in [3.63, 3.8) is 0 Å². The van der Waals surface area contributed by atoms with Crippen molar-refractivity contribution in [2.24, 2.45) is 0 Å². The SMILES string of the molecule is C[C@H](NC1CCc2cccnc21)c1ccccn1. The van der Waals surface area contributed by atoms with E-state index in [-0.39, 0.29) is 6.04 Å². The van der Waals surface area contributed by atoms with Gasteiger partial charge in [0.1, 0.15) is 0 Å². The Hall–Kier alpha value is -1.74. The highest BCUT2D eigenvalue weighted by atomic mass is 15.0. The van der Waals surface area contributed by atoms with Crippen molar-refractivity contribution in [1.82, 2.24) is 15.3 Å². The highest BCUT2D eigenvalue weighted by Gasteiger charge is 2.24. The molecule has 1 unspecified atom stereocenters. The van der Waals surface area contributed by atoms with E-state index in [0.29, 0.717) is 6.04 Å². The fourth-order valence-corrected chi connectivity index (χ4v) is 2.59. The molecule has 3 nitrogen and oxygen atoms in total. The van der Waals surface area contributed by atoms with Gasteiger partial charge in [0.2, 0.25) is 0 Å². The molecular formula is C15H17N3. The summed E-state index contributed by atoms with van der Waals surface area (Å²) in [5.74, 6) is 0. The molecule has 2 heterocycles.